The number of benzene rings is 2. The van der Waals surface area contributed by atoms with Gasteiger partial charge in [0, 0.05) is 17.6 Å². The van der Waals surface area contributed by atoms with Gasteiger partial charge >= 0.3 is 0 Å². The summed E-state index contributed by atoms with van der Waals surface area (Å²) >= 11 is 1.59. The fourth-order valence-corrected chi connectivity index (χ4v) is 3.34. The molecular formula is C20H20N4O2S. The molecule has 0 atom stereocenters. The molecule has 27 heavy (non-hydrogen) atoms. The Kier molecular flexibility index (Phi) is 5.93. The Hall–Kier alpha value is -3.06. The molecule has 1 heterocycles. The first kappa shape index (κ1) is 18.7. The summed E-state index contributed by atoms with van der Waals surface area (Å²) in [6.07, 6.45) is 1.77. The van der Waals surface area contributed by atoms with Gasteiger partial charge in [0.1, 0.15) is 5.75 Å². The van der Waals surface area contributed by atoms with E-state index in [4.69, 9.17) is 0 Å². The molecular weight excluding hydrogens is 360 g/mol. The molecule has 138 valence electrons. The second kappa shape index (κ2) is 8.55. The summed E-state index contributed by atoms with van der Waals surface area (Å²) in [5.41, 5.74) is 1.83. The van der Waals surface area contributed by atoms with Crippen LogP contribution in [0.3, 0.4) is 0 Å². The lowest BCUT2D eigenvalue weighted by atomic mass is 10.2. The van der Waals surface area contributed by atoms with E-state index in [9.17, 15) is 9.90 Å². The number of phenols is 1. The van der Waals surface area contributed by atoms with Crippen molar-refractivity contribution in [2.75, 3.05) is 5.32 Å². The van der Waals surface area contributed by atoms with Crippen LogP contribution in [-0.2, 0) is 13.6 Å². The van der Waals surface area contributed by atoms with Crippen LogP contribution in [0.1, 0.15) is 23.0 Å². The van der Waals surface area contributed by atoms with Crippen LogP contribution in [0.5, 0.6) is 5.75 Å². The third-order valence-electron chi connectivity index (χ3n) is 3.81. The Morgan fingerprint density at radius 1 is 1.26 bits per heavy atom. The molecule has 1 amide bonds. The van der Waals surface area contributed by atoms with Crippen molar-refractivity contribution in [2.45, 2.75) is 23.4 Å². The summed E-state index contributed by atoms with van der Waals surface area (Å²) in [4.78, 5) is 17.5. The van der Waals surface area contributed by atoms with E-state index in [0.717, 1.165) is 15.6 Å². The Labute approximate surface area is 162 Å². The molecule has 6 nitrogen and oxygen atoms in total. The molecule has 2 N–H and O–H groups in total. The highest BCUT2D eigenvalue weighted by Gasteiger charge is 2.11. The SMILES string of the molecule is C/C=N\Cc1cc(Sc2ccc(NC(=O)c3ccccc3O)cc2)n(C)n1. The van der Waals surface area contributed by atoms with Gasteiger partial charge in [-0.25, -0.2) is 0 Å². The Balaban J connectivity index is 1.66. The normalized spacial score (nSPS) is 11.0. The molecule has 0 fully saturated rings. The highest BCUT2D eigenvalue weighted by atomic mass is 32.2. The number of carbonyl (C=O) groups excluding carboxylic acids is 1. The third kappa shape index (κ3) is 4.77. The van der Waals surface area contributed by atoms with Gasteiger partial charge < -0.3 is 10.4 Å². The molecule has 7 heteroatoms. The number of phenolic OH excluding ortho intramolecular Hbond substituents is 1. The van der Waals surface area contributed by atoms with Gasteiger partial charge in [0.15, 0.2) is 0 Å². The highest BCUT2D eigenvalue weighted by molar-refractivity contribution is 7.99. The lowest BCUT2D eigenvalue weighted by molar-refractivity contribution is 0.102. The van der Waals surface area contributed by atoms with E-state index in [2.05, 4.69) is 15.4 Å². The Bertz CT molecular complexity index is 964. The smallest absolute Gasteiger partial charge is 0.259 e. The summed E-state index contributed by atoms with van der Waals surface area (Å²) in [6.45, 7) is 2.46. The van der Waals surface area contributed by atoms with Crippen molar-refractivity contribution < 1.29 is 9.90 Å². The van der Waals surface area contributed by atoms with Gasteiger partial charge in [-0.3, -0.25) is 14.5 Å². The zero-order chi connectivity index (χ0) is 19.2. The first-order valence-electron chi connectivity index (χ1n) is 8.41. The number of rotatable bonds is 6. The second-order valence-electron chi connectivity index (χ2n) is 5.79. The quantitative estimate of drug-likeness (QED) is 0.631. The zero-order valence-electron chi connectivity index (χ0n) is 15.1. The fourth-order valence-electron chi connectivity index (χ4n) is 2.46. The molecule has 3 rings (SSSR count). The number of aliphatic imine (C=N–C) groups is 1. The van der Waals surface area contributed by atoms with Crippen LogP contribution in [-0.4, -0.2) is 27.0 Å². The van der Waals surface area contributed by atoms with E-state index >= 15 is 0 Å². The van der Waals surface area contributed by atoms with Gasteiger partial charge in [-0.2, -0.15) is 5.10 Å². The van der Waals surface area contributed by atoms with Gasteiger partial charge in [0.2, 0.25) is 0 Å². The number of aryl methyl sites for hydroxylation is 1. The number of anilines is 1. The molecule has 0 saturated carbocycles. The van der Waals surface area contributed by atoms with Gasteiger partial charge in [0.05, 0.1) is 22.8 Å². The summed E-state index contributed by atoms with van der Waals surface area (Å²) < 4.78 is 1.83. The highest BCUT2D eigenvalue weighted by Crippen LogP contribution is 2.29. The van der Waals surface area contributed by atoms with E-state index in [1.165, 1.54) is 6.07 Å². The first-order valence-corrected chi connectivity index (χ1v) is 9.23. The number of hydrogen-bond donors (Lipinski definition) is 2. The predicted molar refractivity (Wildman–Crippen MR) is 108 cm³/mol. The molecule has 0 radical (unpaired) electrons. The molecule has 0 saturated heterocycles. The molecule has 0 aliphatic heterocycles. The van der Waals surface area contributed by atoms with Gasteiger partial charge in [-0.05, 0) is 55.6 Å². The van der Waals surface area contributed by atoms with Crippen molar-refractivity contribution in [2.24, 2.45) is 12.0 Å². The van der Waals surface area contributed by atoms with Crippen LogP contribution in [0.15, 0.2) is 69.5 Å². The number of nitrogens with one attached hydrogen (secondary N) is 1. The van der Waals surface area contributed by atoms with Crippen LogP contribution in [0.2, 0.25) is 0 Å². The number of hydrogen-bond acceptors (Lipinski definition) is 5. The van der Waals surface area contributed by atoms with Crippen molar-refractivity contribution >= 4 is 29.6 Å². The van der Waals surface area contributed by atoms with Crippen molar-refractivity contribution in [1.29, 1.82) is 0 Å². The summed E-state index contributed by atoms with van der Waals surface area (Å²) in [5.74, 6) is -0.386. The number of amides is 1. The Morgan fingerprint density at radius 3 is 2.70 bits per heavy atom. The van der Waals surface area contributed by atoms with Crippen LogP contribution in [0.4, 0.5) is 5.69 Å². The molecule has 0 spiro atoms. The predicted octanol–water partition coefficient (Wildman–Crippen LogP) is 4.12. The van der Waals surface area contributed by atoms with E-state index < -0.39 is 0 Å². The van der Waals surface area contributed by atoms with Crippen LogP contribution < -0.4 is 5.32 Å². The van der Waals surface area contributed by atoms with Crippen molar-refractivity contribution in [3.05, 3.63) is 65.9 Å². The second-order valence-corrected chi connectivity index (χ2v) is 6.89. The molecule has 0 aliphatic rings. The lowest BCUT2D eigenvalue weighted by Crippen LogP contribution is -2.11. The average Bonchev–Trinajstić information content (AvgIpc) is 3.01. The average molecular weight is 380 g/mol. The van der Waals surface area contributed by atoms with Crippen molar-refractivity contribution in [3.8, 4) is 5.75 Å². The van der Waals surface area contributed by atoms with E-state index in [0.29, 0.717) is 12.2 Å². The maximum Gasteiger partial charge on any atom is 0.259 e. The molecule has 3 aromatic rings. The van der Waals surface area contributed by atoms with Crippen molar-refractivity contribution in [1.82, 2.24) is 9.78 Å². The van der Waals surface area contributed by atoms with E-state index in [-0.39, 0.29) is 17.2 Å². The van der Waals surface area contributed by atoms with Crippen LogP contribution in [0.25, 0.3) is 0 Å². The van der Waals surface area contributed by atoms with Crippen LogP contribution in [0, 0.1) is 0 Å². The molecule has 1 aromatic heterocycles. The summed E-state index contributed by atoms with van der Waals surface area (Å²) in [7, 11) is 1.91. The first-order chi connectivity index (χ1) is 13.1. The topological polar surface area (TPSA) is 79.5 Å². The lowest BCUT2D eigenvalue weighted by Gasteiger charge is -2.08. The minimum Gasteiger partial charge on any atom is -0.507 e. The maximum atomic E-state index is 12.2. The van der Waals surface area contributed by atoms with Gasteiger partial charge in [-0.15, -0.1) is 0 Å². The van der Waals surface area contributed by atoms with E-state index in [1.807, 2.05) is 49.0 Å². The monoisotopic (exact) mass is 380 g/mol. The number of aromatic hydroxyl groups is 1. The van der Waals surface area contributed by atoms with Crippen LogP contribution >= 0.6 is 11.8 Å². The summed E-state index contributed by atoms with van der Waals surface area (Å²) in [5, 5.41) is 18.0. The molecule has 0 unspecified atom stereocenters. The number of carbonyl (C=O) groups is 1. The van der Waals surface area contributed by atoms with Gasteiger partial charge in [0.25, 0.3) is 5.91 Å². The maximum absolute atomic E-state index is 12.2. The fraction of sp³-hybridized carbons (Fsp3) is 0.150. The minimum absolute atomic E-state index is 0.0402. The van der Waals surface area contributed by atoms with E-state index in [1.54, 1.807) is 36.2 Å². The Morgan fingerprint density at radius 2 is 2.00 bits per heavy atom. The third-order valence-corrected chi connectivity index (χ3v) is 4.91. The molecule has 0 bridgehead atoms. The number of aromatic nitrogens is 2. The minimum atomic E-state index is -0.346. The molecule has 0 aliphatic carbocycles. The summed E-state index contributed by atoms with van der Waals surface area (Å²) in [6, 6.07) is 16.0. The zero-order valence-corrected chi connectivity index (χ0v) is 15.9. The van der Waals surface area contributed by atoms with Crippen molar-refractivity contribution in [3.63, 3.8) is 0 Å². The van der Waals surface area contributed by atoms with Gasteiger partial charge in [-0.1, -0.05) is 23.9 Å². The molecule has 2 aromatic carbocycles. The number of nitrogens with zero attached hydrogens (tertiary/aromatic N) is 3. The standard InChI is InChI=1S/C20H20N4O2S/c1-3-21-13-15-12-19(24(2)23-15)27-16-10-8-14(9-11-16)22-20(26)17-6-4-5-7-18(17)25/h3-12,25H,13H2,1-2H3,(H,22,26)/b21-3-. The largest absolute Gasteiger partial charge is 0.507 e. The number of para-hydroxylation sites is 1.